The molecule has 0 fully saturated rings. The number of hydrogen-bond acceptors (Lipinski definition) is 8. The topological polar surface area (TPSA) is 187 Å². The fraction of sp³-hybridized carbons (Fsp3) is 0.271. The van der Waals surface area contributed by atoms with Crippen LogP contribution in [0, 0.1) is 0 Å². The van der Waals surface area contributed by atoms with Gasteiger partial charge < -0.3 is 30.6 Å². The summed E-state index contributed by atoms with van der Waals surface area (Å²) in [5, 5.41) is 5.87. The first kappa shape index (κ1) is 43.6. The van der Waals surface area contributed by atoms with Gasteiger partial charge in [0.1, 0.15) is 24.3 Å². The maximum absolute atomic E-state index is 14.2. The molecule has 0 saturated heterocycles. The zero-order valence-electron chi connectivity index (χ0n) is 34.6. The number of nitrogens with one attached hydrogen (secondary N) is 4. The van der Waals surface area contributed by atoms with Crippen LogP contribution in [0.15, 0.2) is 140 Å². The number of carbonyl (C=O) groups excluding carboxylic acids is 5. The van der Waals surface area contributed by atoms with Crippen LogP contribution < -0.4 is 27.2 Å². The number of hydrogen-bond donors (Lipinski definition) is 5. The van der Waals surface area contributed by atoms with Gasteiger partial charge in [0.15, 0.2) is 0 Å². The molecule has 3 unspecified atom stereocenters. The summed E-state index contributed by atoms with van der Waals surface area (Å²) in [6.45, 7) is 6.75. The lowest BCUT2D eigenvalue weighted by Gasteiger charge is -2.37. The summed E-state index contributed by atoms with van der Waals surface area (Å²) in [4.78, 5) is 66.8. The van der Waals surface area contributed by atoms with Gasteiger partial charge in [-0.3, -0.25) is 25.2 Å². The van der Waals surface area contributed by atoms with Crippen LogP contribution in [0.4, 0.5) is 9.59 Å². The second kappa shape index (κ2) is 19.4. The molecule has 3 atom stereocenters. The van der Waals surface area contributed by atoms with Crippen molar-refractivity contribution >= 4 is 29.9 Å². The molecule has 61 heavy (non-hydrogen) atoms. The van der Waals surface area contributed by atoms with Crippen LogP contribution >= 0.6 is 0 Å². The molecule has 1 aliphatic carbocycles. The molecule has 316 valence electrons. The molecule has 0 spiro atoms. The Kier molecular flexibility index (Phi) is 13.8. The number of benzene rings is 5. The molecule has 0 saturated carbocycles. The third-order valence-electron chi connectivity index (χ3n) is 10.3. The number of ether oxygens (including phenoxy) is 3. The molecule has 1 aliphatic rings. The Balaban J connectivity index is 1.22. The monoisotopic (exact) mass is 825 g/mol. The molecular formula is C48H51N5O8. The third kappa shape index (κ3) is 10.6. The maximum Gasteiger partial charge on any atom is 0.407 e. The first-order valence-electron chi connectivity index (χ1n) is 20.1. The van der Waals surface area contributed by atoms with Crippen LogP contribution in [0.3, 0.4) is 0 Å². The molecule has 13 heteroatoms. The smallest absolute Gasteiger partial charge is 0.407 e. The van der Waals surface area contributed by atoms with E-state index in [4.69, 9.17) is 19.9 Å². The highest BCUT2D eigenvalue weighted by molar-refractivity contribution is 5.90. The molecule has 0 radical (unpaired) electrons. The van der Waals surface area contributed by atoms with Gasteiger partial charge in [-0.1, -0.05) is 140 Å². The standard InChI is InChI=1S/C48H51N5O8/c1-31(61-47(2,3)4)42(60-45(49)57)44(56)53-52-43(55)40(50-46(58)59-30-39-37-26-16-14-24-35(37)36-25-15-17-27-38(36)39)28-29-41(54)51-48(32-18-8-5-9-19-32,33-20-10-6-11-21-33)34-22-12-7-13-23-34/h5-27,31,39-40,42H,28-30H2,1-4H3,(H2,49,57)(H,50,58)(H,51,54)(H,52,55)(H,53,56). The van der Waals surface area contributed by atoms with E-state index in [1.165, 1.54) is 6.92 Å². The predicted octanol–water partition coefficient (Wildman–Crippen LogP) is 6.60. The van der Waals surface area contributed by atoms with Crippen molar-refractivity contribution in [1.29, 1.82) is 0 Å². The van der Waals surface area contributed by atoms with E-state index in [2.05, 4.69) is 21.5 Å². The molecule has 0 bridgehead atoms. The van der Waals surface area contributed by atoms with Gasteiger partial charge in [0.05, 0.1) is 5.60 Å². The van der Waals surface area contributed by atoms with Gasteiger partial charge in [-0.2, -0.15) is 0 Å². The van der Waals surface area contributed by atoms with Crippen LogP contribution in [0.5, 0.6) is 0 Å². The highest BCUT2D eigenvalue weighted by Gasteiger charge is 2.39. The molecule has 13 nitrogen and oxygen atoms in total. The van der Waals surface area contributed by atoms with Gasteiger partial charge in [-0.05, 0) is 73.1 Å². The molecule has 5 aromatic carbocycles. The number of fused-ring (bicyclic) bond motifs is 3. The maximum atomic E-state index is 14.2. The normalized spacial score (nSPS) is 13.6. The van der Waals surface area contributed by atoms with Gasteiger partial charge in [0.2, 0.25) is 12.0 Å². The van der Waals surface area contributed by atoms with Crippen molar-refractivity contribution in [2.75, 3.05) is 6.61 Å². The number of primary amides is 1. The Hall–Kier alpha value is -6.99. The quantitative estimate of drug-likeness (QED) is 0.0577. The summed E-state index contributed by atoms with van der Waals surface area (Å²) in [7, 11) is 0. The van der Waals surface area contributed by atoms with Gasteiger partial charge in [0, 0.05) is 12.3 Å². The first-order valence-corrected chi connectivity index (χ1v) is 20.1. The van der Waals surface area contributed by atoms with Gasteiger partial charge in [-0.15, -0.1) is 0 Å². The van der Waals surface area contributed by atoms with E-state index in [9.17, 15) is 24.0 Å². The van der Waals surface area contributed by atoms with E-state index in [0.29, 0.717) is 0 Å². The van der Waals surface area contributed by atoms with Crippen LogP contribution in [0.1, 0.15) is 74.3 Å². The largest absolute Gasteiger partial charge is 0.449 e. The fourth-order valence-electron chi connectivity index (χ4n) is 7.77. The van der Waals surface area contributed by atoms with E-state index in [1.54, 1.807) is 20.8 Å². The summed E-state index contributed by atoms with van der Waals surface area (Å²) >= 11 is 0. The summed E-state index contributed by atoms with van der Waals surface area (Å²) in [5.41, 5.74) is 14.5. The number of alkyl carbamates (subject to hydrolysis) is 1. The molecule has 6 rings (SSSR count). The summed E-state index contributed by atoms with van der Waals surface area (Å²) < 4.78 is 16.6. The number of hydrazine groups is 1. The third-order valence-corrected chi connectivity index (χ3v) is 10.3. The van der Waals surface area contributed by atoms with Crippen molar-refractivity contribution in [3.8, 4) is 11.1 Å². The van der Waals surface area contributed by atoms with E-state index in [-0.39, 0.29) is 25.4 Å². The first-order chi connectivity index (χ1) is 29.3. The second-order valence-corrected chi connectivity index (χ2v) is 15.7. The van der Waals surface area contributed by atoms with Crippen LogP contribution in [-0.4, -0.2) is 60.4 Å². The lowest BCUT2D eigenvalue weighted by Crippen LogP contribution is -2.57. The number of rotatable bonds is 15. The summed E-state index contributed by atoms with van der Waals surface area (Å²) in [6.07, 6.45) is -5.11. The van der Waals surface area contributed by atoms with Crippen LogP contribution in [-0.2, 0) is 34.1 Å². The molecular weight excluding hydrogens is 775 g/mol. The highest BCUT2D eigenvalue weighted by Crippen LogP contribution is 2.44. The van der Waals surface area contributed by atoms with Crippen molar-refractivity contribution in [2.45, 2.75) is 75.8 Å². The summed E-state index contributed by atoms with van der Waals surface area (Å²) in [6, 6.07) is 43.0. The molecule has 0 heterocycles. The van der Waals surface area contributed by atoms with E-state index in [1.807, 2.05) is 140 Å². The Bertz CT molecular complexity index is 2180. The van der Waals surface area contributed by atoms with Crippen LogP contribution in [0.25, 0.3) is 11.1 Å². The highest BCUT2D eigenvalue weighted by atomic mass is 16.6. The Labute approximate surface area is 355 Å². The fourth-order valence-corrected chi connectivity index (χ4v) is 7.77. The Morgan fingerprint density at radius 2 is 1.11 bits per heavy atom. The Morgan fingerprint density at radius 3 is 1.59 bits per heavy atom. The van der Waals surface area contributed by atoms with Gasteiger partial charge in [0.25, 0.3) is 11.8 Å². The van der Waals surface area contributed by atoms with E-state index >= 15 is 0 Å². The van der Waals surface area contributed by atoms with Gasteiger partial charge >= 0.3 is 12.2 Å². The lowest BCUT2D eigenvalue weighted by molar-refractivity contribution is -0.148. The average Bonchev–Trinajstić information content (AvgIpc) is 3.58. The summed E-state index contributed by atoms with van der Waals surface area (Å²) in [5.74, 6) is -2.51. The van der Waals surface area contributed by atoms with E-state index < -0.39 is 59.3 Å². The van der Waals surface area contributed by atoms with Crippen molar-refractivity contribution < 1.29 is 38.2 Å². The van der Waals surface area contributed by atoms with E-state index in [0.717, 1.165) is 38.9 Å². The zero-order chi connectivity index (χ0) is 43.6. The minimum Gasteiger partial charge on any atom is -0.449 e. The predicted molar refractivity (Wildman–Crippen MR) is 230 cm³/mol. The zero-order valence-corrected chi connectivity index (χ0v) is 34.6. The molecule has 0 aromatic heterocycles. The molecule has 6 N–H and O–H groups in total. The Morgan fingerprint density at radius 1 is 0.656 bits per heavy atom. The molecule has 5 aromatic rings. The number of carbonyl (C=O) groups is 5. The molecule has 5 amide bonds. The second-order valence-electron chi connectivity index (χ2n) is 15.7. The SMILES string of the molecule is CC(OC(C)(C)C)C(OC(N)=O)C(=O)NNC(=O)C(CCC(=O)NC(c1ccccc1)(c1ccccc1)c1ccccc1)NC(=O)OCC1c2ccccc2-c2ccccc21. The number of nitrogens with two attached hydrogens (primary N) is 1. The number of amides is 5. The van der Waals surface area contributed by atoms with Crippen molar-refractivity contribution in [3.63, 3.8) is 0 Å². The lowest BCUT2D eigenvalue weighted by atomic mass is 9.77. The minimum atomic E-state index is -1.54. The van der Waals surface area contributed by atoms with Crippen molar-refractivity contribution in [2.24, 2.45) is 5.73 Å². The van der Waals surface area contributed by atoms with Crippen molar-refractivity contribution in [1.82, 2.24) is 21.5 Å². The van der Waals surface area contributed by atoms with Crippen molar-refractivity contribution in [3.05, 3.63) is 167 Å². The van der Waals surface area contributed by atoms with Crippen LogP contribution in [0.2, 0.25) is 0 Å². The van der Waals surface area contributed by atoms with Gasteiger partial charge in [-0.25, -0.2) is 9.59 Å². The molecule has 0 aliphatic heterocycles. The average molecular weight is 826 g/mol. The minimum absolute atomic E-state index is 0.0308.